The maximum absolute atomic E-state index is 12.6. The first-order valence-electron chi connectivity index (χ1n) is 7.99. The van der Waals surface area contributed by atoms with Crippen molar-refractivity contribution >= 4 is 11.0 Å². The van der Waals surface area contributed by atoms with Gasteiger partial charge in [0.05, 0.1) is 18.4 Å². The van der Waals surface area contributed by atoms with Gasteiger partial charge >= 0.3 is 0 Å². The van der Waals surface area contributed by atoms with E-state index in [0.717, 1.165) is 11.4 Å². The van der Waals surface area contributed by atoms with Crippen molar-refractivity contribution in [3.63, 3.8) is 0 Å². The van der Waals surface area contributed by atoms with Crippen LogP contribution in [0.25, 0.3) is 16.7 Å². The zero-order chi connectivity index (χ0) is 17.1. The summed E-state index contributed by atoms with van der Waals surface area (Å²) in [7, 11) is 0. The van der Waals surface area contributed by atoms with Crippen LogP contribution in [0.4, 0.5) is 0 Å². The summed E-state index contributed by atoms with van der Waals surface area (Å²) in [5.74, 6) is 0.779. The van der Waals surface area contributed by atoms with E-state index in [0.29, 0.717) is 24.2 Å². The van der Waals surface area contributed by atoms with E-state index in [1.807, 2.05) is 60.7 Å². The summed E-state index contributed by atoms with van der Waals surface area (Å²) < 4.78 is 8.86. The smallest absolute Gasteiger partial charge is 0.264 e. The molecular formula is C19H16N4O2. The molecule has 0 spiro atoms. The second-order valence-corrected chi connectivity index (χ2v) is 5.53. The Morgan fingerprint density at radius 1 is 0.960 bits per heavy atom. The molecule has 6 heteroatoms. The van der Waals surface area contributed by atoms with E-state index in [2.05, 4.69) is 10.1 Å². The van der Waals surface area contributed by atoms with Crippen LogP contribution in [0.2, 0.25) is 0 Å². The molecule has 0 aliphatic carbocycles. The number of nitrogens with zero attached hydrogens (tertiary/aromatic N) is 4. The average molecular weight is 332 g/mol. The van der Waals surface area contributed by atoms with E-state index in [9.17, 15) is 4.79 Å². The van der Waals surface area contributed by atoms with Crippen LogP contribution in [-0.4, -0.2) is 25.9 Å². The van der Waals surface area contributed by atoms with E-state index >= 15 is 0 Å². The minimum atomic E-state index is -0.121. The molecule has 4 aromatic rings. The molecule has 0 radical (unpaired) electrons. The molecule has 0 aliphatic heterocycles. The Balaban J connectivity index is 1.58. The number of aromatic nitrogens is 4. The molecule has 0 atom stereocenters. The van der Waals surface area contributed by atoms with Gasteiger partial charge in [0.15, 0.2) is 5.65 Å². The molecule has 0 amide bonds. The molecule has 2 aromatic heterocycles. The van der Waals surface area contributed by atoms with Crippen molar-refractivity contribution in [2.24, 2.45) is 0 Å². The molecule has 124 valence electrons. The Hall–Kier alpha value is -3.41. The fraction of sp³-hybridized carbons (Fsp3) is 0.105. The molecule has 0 bridgehead atoms. The number of hydrogen-bond donors (Lipinski definition) is 0. The van der Waals surface area contributed by atoms with Gasteiger partial charge in [-0.15, -0.1) is 0 Å². The van der Waals surface area contributed by atoms with Gasteiger partial charge in [-0.3, -0.25) is 9.36 Å². The minimum absolute atomic E-state index is 0.121. The quantitative estimate of drug-likeness (QED) is 0.564. The predicted molar refractivity (Wildman–Crippen MR) is 95.1 cm³/mol. The van der Waals surface area contributed by atoms with Gasteiger partial charge < -0.3 is 4.74 Å². The second-order valence-electron chi connectivity index (χ2n) is 5.53. The summed E-state index contributed by atoms with van der Waals surface area (Å²) in [6, 6.07) is 19.1. The van der Waals surface area contributed by atoms with Crippen LogP contribution in [-0.2, 0) is 6.54 Å². The summed E-state index contributed by atoms with van der Waals surface area (Å²) in [6.45, 7) is 0.817. The van der Waals surface area contributed by atoms with Crippen LogP contribution in [0.1, 0.15) is 0 Å². The summed E-state index contributed by atoms with van der Waals surface area (Å²) in [5.41, 5.74) is 1.30. The number of rotatable bonds is 5. The molecule has 6 nitrogen and oxygen atoms in total. The zero-order valence-corrected chi connectivity index (χ0v) is 13.4. The Labute approximate surface area is 143 Å². The van der Waals surface area contributed by atoms with Crippen molar-refractivity contribution in [3.05, 3.63) is 83.5 Å². The highest BCUT2D eigenvalue weighted by atomic mass is 16.5. The Morgan fingerprint density at radius 2 is 1.68 bits per heavy atom. The van der Waals surface area contributed by atoms with Gasteiger partial charge in [-0.05, 0) is 24.3 Å². The molecule has 4 rings (SSSR count). The maximum atomic E-state index is 12.6. The summed E-state index contributed by atoms with van der Waals surface area (Å²) >= 11 is 0. The summed E-state index contributed by atoms with van der Waals surface area (Å²) in [4.78, 5) is 17.0. The molecule has 2 aromatic carbocycles. The van der Waals surface area contributed by atoms with Crippen molar-refractivity contribution in [1.29, 1.82) is 0 Å². The first kappa shape index (κ1) is 15.1. The van der Waals surface area contributed by atoms with Gasteiger partial charge in [-0.2, -0.15) is 5.10 Å². The number of ether oxygens (including phenoxy) is 1. The lowest BCUT2D eigenvalue weighted by atomic mass is 10.3. The fourth-order valence-electron chi connectivity index (χ4n) is 2.64. The Bertz CT molecular complexity index is 1040. The molecule has 0 saturated heterocycles. The van der Waals surface area contributed by atoms with Gasteiger partial charge in [0.25, 0.3) is 5.56 Å². The molecular weight excluding hydrogens is 316 g/mol. The lowest BCUT2D eigenvalue weighted by Crippen LogP contribution is -2.23. The van der Waals surface area contributed by atoms with Crippen LogP contribution in [0.15, 0.2) is 78.0 Å². The standard InChI is InChI=1S/C19H16N4O2/c24-19-17-13-21-23(15-7-3-1-4-8-15)18(17)20-14-22(19)11-12-25-16-9-5-2-6-10-16/h1-10,13-14H,11-12H2. The molecule has 0 aliphatic rings. The number of benzene rings is 2. The third kappa shape index (κ3) is 3.01. The van der Waals surface area contributed by atoms with E-state index in [-0.39, 0.29) is 5.56 Å². The van der Waals surface area contributed by atoms with Gasteiger partial charge in [0, 0.05) is 0 Å². The molecule has 25 heavy (non-hydrogen) atoms. The summed E-state index contributed by atoms with van der Waals surface area (Å²) in [6.07, 6.45) is 3.10. The van der Waals surface area contributed by atoms with Gasteiger partial charge in [0.1, 0.15) is 24.1 Å². The van der Waals surface area contributed by atoms with Gasteiger partial charge in [0.2, 0.25) is 0 Å². The third-order valence-electron chi connectivity index (χ3n) is 3.90. The van der Waals surface area contributed by atoms with Crippen LogP contribution in [0.5, 0.6) is 5.75 Å². The van der Waals surface area contributed by atoms with Gasteiger partial charge in [-0.1, -0.05) is 36.4 Å². The summed E-state index contributed by atoms with van der Waals surface area (Å²) in [5, 5.41) is 4.80. The van der Waals surface area contributed by atoms with Crippen LogP contribution < -0.4 is 10.3 Å². The van der Waals surface area contributed by atoms with E-state index in [1.54, 1.807) is 21.8 Å². The lowest BCUT2D eigenvalue weighted by molar-refractivity contribution is 0.296. The minimum Gasteiger partial charge on any atom is -0.492 e. The lowest BCUT2D eigenvalue weighted by Gasteiger charge is -2.08. The van der Waals surface area contributed by atoms with E-state index < -0.39 is 0 Å². The Kier molecular flexibility index (Phi) is 4.00. The van der Waals surface area contributed by atoms with E-state index in [1.165, 1.54) is 0 Å². The van der Waals surface area contributed by atoms with Crippen LogP contribution >= 0.6 is 0 Å². The first-order chi connectivity index (χ1) is 12.3. The highest BCUT2D eigenvalue weighted by molar-refractivity contribution is 5.74. The number of fused-ring (bicyclic) bond motifs is 1. The predicted octanol–water partition coefficient (Wildman–Crippen LogP) is 2.66. The Morgan fingerprint density at radius 3 is 2.44 bits per heavy atom. The molecule has 0 saturated carbocycles. The SMILES string of the molecule is O=c1c2cnn(-c3ccccc3)c2ncn1CCOc1ccccc1. The van der Waals surface area contributed by atoms with Crippen LogP contribution in [0.3, 0.4) is 0 Å². The first-order valence-corrected chi connectivity index (χ1v) is 7.99. The monoisotopic (exact) mass is 332 g/mol. The molecule has 0 fully saturated rings. The molecule has 2 heterocycles. The fourth-order valence-corrected chi connectivity index (χ4v) is 2.64. The molecule has 0 N–H and O–H groups in total. The second kappa shape index (κ2) is 6.60. The van der Waals surface area contributed by atoms with Crippen molar-refractivity contribution in [2.45, 2.75) is 6.54 Å². The van der Waals surface area contributed by atoms with Crippen molar-refractivity contribution in [3.8, 4) is 11.4 Å². The highest BCUT2D eigenvalue weighted by Crippen LogP contribution is 2.13. The largest absolute Gasteiger partial charge is 0.492 e. The third-order valence-corrected chi connectivity index (χ3v) is 3.90. The number of hydrogen-bond acceptors (Lipinski definition) is 4. The maximum Gasteiger partial charge on any atom is 0.264 e. The van der Waals surface area contributed by atoms with E-state index in [4.69, 9.17) is 4.74 Å². The highest BCUT2D eigenvalue weighted by Gasteiger charge is 2.11. The van der Waals surface area contributed by atoms with Crippen molar-refractivity contribution in [2.75, 3.05) is 6.61 Å². The van der Waals surface area contributed by atoms with Gasteiger partial charge in [-0.25, -0.2) is 9.67 Å². The van der Waals surface area contributed by atoms with Crippen molar-refractivity contribution in [1.82, 2.24) is 19.3 Å². The topological polar surface area (TPSA) is 61.9 Å². The van der Waals surface area contributed by atoms with Crippen molar-refractivity contribution < 1.29 is 4.74 Å². The average Bonchev–Trinajstić information content (AvgIpc) is 3.10. The zero-order valence-electron chi connectivity index (χ0n) is 13.4. The molecule has 0 unspecified atom stereocenters. The number of para-hydroxylation sites is 2. The van der Waals surface area contributed by atoms with Crippen LogP contribution in [0, 0.1) is 0 Å². The normalized spacial score (nSPS) is 10.9.